The van der Waals surface area contributed by atoms with Crippen molar-refractivity contribution in [2.45, 2.75) is 58.3 Å². The van der Waals surface area contributed by atoms with Crippen LogP contribution in [0.5, 0.6) is 0 Å². The van der Waals surface area contributed by atoms with E-state index in [0.29, 0.717) is 18.7 Å². The van der Waals surface area contributed by atoms with E-state index >= 15 is 0 Å². The molecule has 1 heterocycles. The molecule has 0 radical (unpaired) electrons. The number of hydrogen-bond acceptors (Lipinski definition) is 5. The number of anilines is 1. The van der Waals surface area contributed by atoms with Crippen LogP contribution in [0.1, 0.15) is 44.0 Å². The lowest BCUT2D eigenvalue weighted by Gasteiger charge is -2.35. The summed E-state index contributed by atoms with van der Waals surface area (Å²) in [5, 5.41) is 4.08. The van der Waals surface area contributed by atoms with E-state index in [-0.39, 0.29) is 10.9 Å². The Morgan fingerprint density at radius 1 is 1.52 bits per heavy atom. The second-order valence-corrected chi connectivity index (χ2v) is 10.9. The molecule has 0 aliphatic rings. The maximum Gasteiger partial charge on any atom is 0.343 e. The second kappa shape index (κ2) is 6.61. The minimum Gasteiger partial charge on any atom is -0.462 e. The van der Waals surface area contributed by atoms with Gasteiger partial charge in [0.2, 0.25) is 0 Å². The molecule has 0 aliphatic heterocycles. The van der Waals surface area contributed by atoms with Gasteiger partial charge in [0.15, 0.2) is 14.1 Å². The normalized spacial score (nSPS) is 12.5. The van der Waals surface area contributed by atoms with E-state index in [1.54, 1.807) is 17.8 Å². The molecule has 0 unspecified atom stereocenters. The van der Waals surface area contributed by atoms with Crippen molar-refractivity contribution in [3.63, 3.8) is 0 Å². The molecule has 0 bridgehead atoms. The van der Waals surface area contributed by atoms with Crippen molar-refractivity contribution in [2.75, 3.05) is 12.3 Å². The summed E-state index contributed by atoms with van der Waals surface area (Å²) in [7, 11) is -2.19. The maximum absolute atomic E-state index is 11.7. The SMILES string of the molecule is CCOC(=O)c1cn(CCCC(C)(C)[Si](C)(C)O)nc1N. The average molecular weight is 313 g/mol. The fourth-order valence-electron chi connectivity index (χ4n) is 1.91. The molecule has 120 valence electrons. The zero-order valence-corrected chi connectivity index (χ0v) is 14.6. The first-order valence-corrected chi connectivity index (χ1v) is 10.3. The van der Waals surface area contributed by atoms with Crippen LogP contribution >= 0.6 is 0 Å². The molecular weight excluding hydrogens is 286 g/mol. The van der Waals surface area contributed by atoms with Gasteiger partial charge in [-0.15, -0.1) is 0 Å². The first-order chi connectivity index (χ1) is 9.58. The predicted octanol–water partition coefficient (Wildman–Crippen LogP) is 2.40. The Morgan fingerprint density at radius 3 is 2.67 bits per heavy atom. The standard InChI is InChI=1S/C14H27N3O3Si/c1-6-20-13(18)11-10-17(16-12(11)15)9-7-8-14(2,3)21(4,5)19/h10,19H,6-9H2,1-5H3,(H2,15,16). The number of nitrogens with zero attached hydrogens (tertiary/aromatic N) is 2. The van der Waals surface area contributed by atoms with Gasteiger partial charge in [-0.25, -0.2) is 4.79 Å². The van der Waals surface area contributed by atoms with E-state index in [1.165, 1.54) is 0 Å². The minimum absolute atomic E-state index is 0.0599. The number of rotatable bonds is 7. The van der Waals surface area contributed by atoms with Crippen molar-refractivity contribution in [2.24, 2.45) is 0 Å². The third-order valence-electron chi connectivity index (χ3n) is 4.13. The Labute approximate surface area is 127 Å². The van der Waals surface area contributed by atoms with Crippen LogP contribution in [0.25, 0.3) is 0 Å². The Morgan fingerprint density at radius 2 is 2.14 bits per heavy atom. The number of aromatic nitrogens is 2. The third-order valence-corrected chi connectivity index (χ3v) is 7.69. The quantitative estimate of drug-likeness (QED) is 0.596. The molecule has 3 N–H and O–H groups in total. The van der Waals surface area contributed by atoms with Crippen molar-refractivity contribution in [3.8, 4) is 0 Å². The van der Waals surface area contributed by atoms with Gasteiger partial charge in [-0.2, -0.15) is 5.10 Å². The van der Waals surface area contributed by atoms with Crippen molar-refractivity contribution >= 4 is 20.1 Å². The monoisotopic (exact) mass is 313 g/mol. The summed E-state index contributed by atoms with van der Waals surface area (Å²) in [5.74, 6) is -0.241. The van der Waals surface area contributed by atoms with Gasteiger partial charge in [0.25, 0.3) is 0 Å². The van der Waals surface area contributed by atoms with Crippen LogP contribution in [0.3, 0.4) is 0 Å². The zero-order valence-electron chi connectivity index (χ0n) is 13.6. The average Bonchev–Trinajstić information content (AvgIpc) is 2.69. The second-order valence-electron chi connectivity index (χ2n) is 6.46. The van der Waals surface area contributed by atoms with Gasteiger partial charge >= 0.3 is 5.97 Å². The zero-order chi connectivity index (χ0) is 16.3. The van der Waals surface area contributed by atoms with Gasteiger partial charge in [0.1, 0.15) is 5.56 Å². The van der Waals surface area contributed by atoms with Crippen LogP contribution in [-0.4, -0.2) is 35.5 Å². The summed E-state index contributed by atoms with van der Waals surface area (Å²) in [4.78, 5) is 21.9. The topological polar surface area (TPSA) is 90.4 Å². The molecule has 0 spiro atoms. The smallest absolute Gasteiger partial charge is 0.343 e. The van der Waals surface area contributed by atoms with Crippen molar-refractivity contribution in [3.05, 3.63) is 11.8 Å². The fourth-order valence-corrected chi connectivity index (χ4v) is 2.69. The van der Waals surface area contributed by atoms with Crippen LogP contribution in [-0.2, 0) is 11.3 Å². The number of carbonyl (C=O) groups excluding carboxylic acids is 1. The number of esters is 1. The van der Waals surface area contributed by atoms with Crippen LogP contribution in [0.15, 0.2) is 6.20 Å². The molecule has 0 fully saturated rings. The van der Waals surface area contributed by atoms with Gasteiger partial charge in [0.05, 0.1) is 6.61 Å². The highest BCUT2D eigenvalue weighted by Crippen LogP contribution is 2.39. The van der Waals surface area contributed by atoms with Gasteiger partial charge < -0.3 is 15.3 Å². The maximum atomic E-state index is 11.7. The van der Waals surface area contributed by atoms with E-state index in [9.17, 15) is 9.59 Å². The molecule has 6 nitrogen and oxygen atoms in total. The largest absolute Gasteiger partial charge is 0.462 e. The lowest BCUT2D eigenvalue weighted by atomic mass is 10.1. The van der Waals surface area contributed by atoms with E-state index in [1.807, 2.05) is 13.1 Å². The molecule has 0 saturated carbocycles. The summed E-state index contributed by atoms with van der Waals surface area (Å²) in [6.45, 7) is 10.8. The Balaban J connectivity index is 2.62. The van der Waals surface area contributed by atoms with Crippen LogP contribution < -0.4 is 5.73 Å². The highest BCUT2D eigenvalue weighted by molar-refractivity contribution is 6.72. The first kappa shape index (κ1) is 17.7. The highest BCUT2D eigenvalue weighted by atomic mass is 28.4. The Bertz CT molecular complexity index is 492. The molecule has 7 heteroatoms. The summed E-state index contributed by atoms with van der Waals surface area (Å²) >= 11 is 0. The molecule has 0 atom stereocenters. The Hall–Kier alpha value is -1.34. The summed E-state index contributed by atoms with van der Waals surface area (Å²) in [5.41, 5.74) is 6.05. The molecular formula is C14H27N3O3Si. The molecule has 1 aromatic rings. The molecule has 1 rings (SSSR count). The number of aryl methyl sites for hydroxylation is 1. The lowest BCUT2D eigenvalue weighted by molar-refractivity contribution is 0.0527. The summed E-state index contributed by atoms with van der Waals surface area (Å²) < 4.78 is 6.60. The minimum atomic E-state index is -2.19. The van der Waals surface area contributed by atoms with Gasteiger partial charge in [-0.3, -0.25) is 4.68 Å². The van der Waals surface area contributed by atoms with Crippen molar-refractivity contribution in [1.82, 2.24) is 9.78 Å². The number of ether oxygens (including phenoxy) is 1. The first-order valence-electron chi connectivity index (χ1n) is 7.31. The molecule has 0 aromatic carbocycles. The van der Waals surface area contributed by atoms with Crippen molar-refractivity contribution in [1.29, 1.82) is 0 Å². The molecule has 0 aliphatic carbocycles. The third kappa shape index (κ3) is 4.57. The molecule has 1 aromatic heterocycles. The van der Waals surface area contributed by atoms with Gasteiger partial charge in [-0.1, -0.05) is 13.8 Å². The summed E-state index contributed by atoms with van der Waals surface area (Å²) in [6, 6.07) is 0. The van der Waals surface area contributed by atoms with Gasteiger partial charge in [-0.05, 0) is 37.9 Å². The lowest BCUT2D eigenvalue weighted by Crippen LogP contribution is -2.39. The Kier molecular flexibility index (Phi) is 5.58. The fraction of sp³-hybridized carbons (Fsp3) is 0.714. The number of nitrogens with two attached hydrogens (primary N) is 1. The van der Waals surface area contributed by atoms with Crippen LogP contribution in [0.4, 0.5) is 5.82 Å². The number of hydrogen-bond donors (Lipinski definition) is 2. The number of nitrogen functional groups attached to an aromatic ring is 1. The van der Waals surface area contributed by atoms with E-state index in [0.717, 1.165) is 12.8 Å². The van der Waals surface area contributed by atoms with E-state index < -0.39 is 14.3 Å². The van der Waals surface area contributed by atoms with Crippen molar-refractivity contribution < 1.29 is 14.3 Å². The van der Waals surface area contributed by atoms with E-state index in [4.69, 9.17) is 10.5 Å². The van der Waals surface area contributed by atoms with E-state index in [2.05, 4.69) is 18.9 Å². The van der Waals surface area contributed by atoms with Crippen LogP contribution in [0.2, 0.25) is 18.1 Å². The van der Waals surface area contributed by atoms with Gasteiger partial charge in [0, 0.05) is 12.7 Å². The molecule has 0 amide bonds. The highest BCUT2D eigenvalue weighted by Gasteiger charge is 2.37. The predicted molar refractivity (Wildman–Crippen MR) is 85.6 cm³/mol. The number of carbonyl (C=O) groups is 1. The molecule has 0 saturated heterocycles. The summed E-state index contributed by atoms with van der Waals surface area (Å²) in [6.07, 6.45) is 3.40. The van der Waals surface area contributed by atoms with Crippen LogP contribution in [0, 0.1) is 0 Å². The molecule has 21 heavy (non-hydrogen) atoms.